The lowest BCUT2D eigenvalue weighted by molar-refractivity contribution is -0.147. The van der Waals surface area contributed by atoms with Crippen molar-refractivity contribution in [2.75, 3.05) is 0 Å². The monoisotopic (exact) mass is 404 g/mol. The second kappa shape index (κ2) is 14.4. The van der Waals surface area contributed by atoms with E-state index < -0.39 is 5.79 Å². The Bertz CT molecular complexity index is 547. The molecule has 0 saturated carbocycles. The van der Waals surface area contributed by atoms with Gasteiger partial charge in [0.15, 0.2) is 5.79 Å². The Balaban J connectivity index is 2.62. The predicted octanol–water partition coefficient (Wildman–Crippen LogP) is 6.43. The van der Waals surface area contributed by atoms with E-state index in [1.54, 1.807) is 6.08 Å². The van der Waals surface area contributed by atoms with E-state index in [2.05, 4.69) is 32.2 Å². The molecule has 3 atom stereocenters. The van der Waals surface area contributed by atoms with Crippen LogP contribution in [0.4, 0.5) is 0 Å². The summed E-state index contributed by atoms with van der Waals surface area (Å²) in [5.41, 5.74) is 0. The maximum Gasteiger partial charge on any atom is 0.306 e. The summed E-state index contributed by atoms with van der Waals surface area (Å²) in [5, 5.41) is 0. The molecule has 0 N–H and O–H groups in total. The fraction of sp³-hybridized carbons (Fsp3) is 0.640. The summed E-state index contributed by atoms with van der Waals surface area (Å²) in [6.45, 7) is 13.5. The van der Waals surface area contributed by atoms with Crippen LogP contribution in [0.25, 0.3) is 0 Å². The van der Waals surface area contributed by atoms with Crippen molar-refractivity contribution in [1.29, 1.82) is 0 Å². The Hall–Kier alpha value is -1.65. The van der Waals surface area contributed by atoms with Gasteiger partial charge < -0.3 is 14.2 Å². The van der Waals surface area contributed by atoms with E-state index >= 15 is 0 Å². The van der Waals surface area contributed by atoms with Gasteiger partial charge in [-0.25, -0.2) is 0 Å². The third-order valence-corrected chi connectivity index (χ3v) is 4.72. The number of esters is 1. The molecule has 1 aliphatic rings. The first kappa shape index (κ1) is 25.4. The van der Waals surface area contributed by atoms with Crippen LogP contribution in [-0.2, 0) is 19.0 Å². The van der Waals surface area contributed by atoms with Crippen LogP contribution >= 0.6 is 0 Å². The lowest BCUT2D eigenvalue weighted by Crippen LogP contribution is -2.21. The number of hydrogen-bond donors (Lipinski definition) is 0. The minimum absolute atomic E-state index is 0.0450. The lowest BCUT2D eigenvalue weighted by atomic mass is 10.1. The molecule has 164 valence electrons. The first-order valence-electron chi connectivity index (χ1n) is 11.0. The largest absolute Gasteiger partial charge is 0.458 e. The van der Waals surface area contributed by atoms with Crippen LogP contribution < -0.4 is 0 Å². The number of carbonyl (C=O) groups excluding carboxylic acids is 1. The summed E-state index contributed by atoms with van der Waals surface area (Å²) in [6, 6.07) is 0. The molecule has 4 heteroatoms. The third kappa shape index (κ3) is 11.2. The molecule has 0 bridgehead atoms. The van der Waals surface area contributed by atoms with E-state index in [1.165, 1.54) is 19.3 Å². The van der Waals surface area contributed by atoms with Crippen molar-refractivity contribution in [2.24, 2.45) is 0 Å². The Kier molecular flexibility index (Phi) is 12.6. The van der Waals surface area contributed by atoms with Crippen molar-refractivity contribution in [3.63, 3.8) is 0 Å². The first-order chi connectivity index (χ1) is 13.9. The topological polar surface area (TPSA) is 44.8 Å². The summed E-state index contributed by atoms with van der Waals surface area (Å²) in [4.78, 5) is 12.0. The van der Waals surface area contributed by atoms with Crippen LogP contribution in [0.1, 0.15) is 78.6 Å². The number of rotatable bonds is 15. The molecule has 1 rings (SSSR count). The van der Waals surface area contributed by atoms with Gasteiger partial charge in [-0.05, 0) is 52.0 Å². The number of allylic oxidation sites excluding steroid dienone is 2. The molecule has 0 aromatic rings. The zero-order valence-corrected chi connectivity index (χ0v) is 18.6. The summed E-state index contributed by atoms with van der Waals surface area (Å²) in [6.07, 6.45) is 19.5. The van der Waals surface area contributed by atoms with Crippen LogP contribution in [-0.4, -0.2) is 30.1 Å². The first-order valence-corrected chi connectivity index (χ1v) is 11.0. The van der Waals surface area contributed by atoms with E-state index in [9.17, 15) is 4.79 Å². The molecule has 0 unspecified atom stereocenters. The Morgan fingerprint density at radius 3 is 2.59 bits per heavy atom. The summed E-state index contributed by atoms with van der Waals surface area (Å²) in [5.74, 6) is -0.816. The van der Waals surface area contributed by atoms with Crippen molar-refractivity contribution < 1.29 is 19.0 Å². The molecule has 0 amide bonds. The van der Waals surface area contributed by atoms with Crippen molar-refractivity contribution in [1.82, 2.24) is 0 Å². The van der Waals surface area contributed by atoms with Crippen LogP contribution in [0, 0.1) is 0 Å². The highest BCUT2D eigenvalue weighted by molar-refractivity contribution is 5.69. The van der Waals surface area contributed by atoms with Crippen LogP contribution in [0.5, 0.6) is 0 Å². The number of carbonyl (C=O) groups is 1. The van der Waals surface area contributed by atoms with Gasteiger partial charge in [-0.15, -0.1) is 13.2 Å². The standard InChI is InChI=1S/C25H40O4/c1-6-9-11-12-13-15-17-22-23(29-25(4,5)28-22)20-19-21(16-8-3)27-24(26)18-14-10-7-2/h7-8,13,15,19-23H,2-3,6,9-12,14,16-18H2,1,4-5H3/b15-13-,20-19+/t21-,22-,23-/m1/s1. The van der Waals surface area contributed by atoms with Gasteiger partial charge in [-0.3, -0.25) is 4.79 Å². The quantitative estimate of drug-likeness (QED) is 0.179. The molecule has 1 aliphatic heterocycles. The fourth-order valence-electron chi connectivity index (χ4n) is 3.25. The summed E-state index contributed by atoms with van der Waals surface area (Å²) in [7, 11) is 0. The summed E-state index contributed by atoms with van der Waals surface area (Å²) < 4.78 is 17.7. The fourth-order valence-corrected chi connectivity index (χ4v) is 3.25. The van der Waals surface area contributed by atoms with Crippen molar-refractivity contribution in [3.05, 3.63) is 49.6 Å². The number of unbranched alkanes of at least 4 members (excludes halogenated alkanes) is 4. The molecule has 1 fully saturated rings. The molecule has 0 spiro atoms. The lowest BCUT2D eigenvalue weighted by Gasteiger charge is -2.16. The highest BCUT2D eigenvalue weighted by atomic mass is 16.7. The molecule has 0 aromatic carbocycles. The minimum Gasteiger partial charge on any atom is -0.458 e. The Morgan fingerprint density at radius 2 is 1.90 bits per heavy atom. The van der Waals surface area contributed by atoms with E-state index in [0.29, 0.717) is 12.8 Å². The van der Waals surface area contributed by atoms with Gasteiger partial charge in [-0.1, -0.05) is 50.1 Å². The maximum absolute atomic E-state index is 12.0. The number of hydrogen-bond acceptors (Lipinski definition) is 4. The highest BCUT2D eigenvalue weighted by Crippen LogP contribution is 2.31. The molecule has 0 radical (unpaired) electrons. The molecular formula is C25H40O4. The van der Waals surface area contributed by atoms with E-state index in [-0.39, 0.29) is 24.3 Å². The normalized spacial score (nSPS) is 22.2. The average molecular weight is 405 g/mol. The molecule has 4 nitrogen and oxygen atoms in total. The van der Waals surface area contributed by atoms with Gasteiger partial charge in [0.1, 0.15) is 12.2 Å². The van der Waals surface area contributed by atoms with Gasteiger partial charge in [0.2, 0.25) is 0 Å². The molecule has 0 aliphatic carbocycles. The second-order valence-corrected chi connectivity index (χ2v) is 7.96. The zero-order valence-electron chi connectivity index (χ0n) is 18.6. The van der Waals surface area contributed by atoms with E-state index in [1.807, 2.05) is 32.1 Å². The van der Waals surface area contributed by atoms with E-state index in [4.69, 9.17) is 14.2 Å². The second-order valence-electron chi connectivity index (χ2n) is 7.96. The van der Waals surface area contributed by atoms with Gasteiger partial charge in [0.05, 0.1) is 6.10 Å². The summed E-state index contributed by atoms with van der Waals surface area (Å²) >= 11 is 0. The van der Waals surface area contributed by atoms with Crippen molar-refractivity contribution in [2.45, 2.75) is 103 Å². The molecule has 1 heterocycles. The van der Waals surface area contributed by atoms with Crippen LogP contribution in [0.3, 0.4) is 0 Å². The molecule has 29 heavy (non-hydrogen) atoms. The van der Waals surface area contributed by atoms with Gasteiger partial charge in [0.25, 0.3) is 0 Å². The molecule has 0 aromatic heterocycles. The smallest absolute Gasteiger partial charge is 0.306 e. The minimum atomic E-state index is -0.620. The SMILES string of the molecule is C=CCCCC(=O)O[C@@H](/C=C/[C@H]1OC(C)(C)O[C@@H]1C/C=C\CCCCC)CC=C. The van der Waals surface area contributed by atoms with Crippen molar-refractivity contribution in [3.8, 4) is 0 Å². The van der Waals surface area contributed by atoms with Crippen LogP contribution in [0.15, 0.2) is 49.6 Å². The predicted molar refractivity (Wildman–Crippen MR) is 120 cm³/mol. The van der Waals surface area contributed by atoms with Gasteiger partial charge >= 0.3 is 5.97 Å². The Labute approximate surface area is 177 Å². The highest BCUT2D eigenvalue weighted by Gasteiger charge is 2.39. The van der Waals surface area contributed by atoms with Crippen molar-refractivity contribution >= 4 is 5.97 Å². The molecular weight excluding hydrogens is 364 g/mol. The number of ether oxygens (including phenoxy) is 3. The van der Waals surface area contributed by atoms with Gasteiger partial charge in [0, 0.05) is 12.8 Å². The molecule has 1 saturated heterocycles. The van der Waals surface area contributed by atoms with Gasteiger partial charge in [-0.2, -0.15) is 0 Å². The Morgan fingerprint density at radius 1 is 1.10 bits per heavy atom. The van der Waals surface area contributed by atoms with E-state index in [0.717, 1.165) is 25.7 Å². The average Bonchev–Trinajstić information content (AvgIpc) is 2.96. The zero-order chi connectivity index (χ0) is 21.5. The third-order valence-electron chi connectivity index (χ3n) is 4.72. The maximum atomic E-state index is 12.0. The van der Waals surface area contributed by atoms with Crippen LogP contribution in [0.2, 0.25) is 0 Å².